The lowest BCUT2D eigenvalue weighted by atomic mass is 9.95. The van der Waals surface area contributed by atoms with E-state index >= 15 is 0 Å². The highest BCUT2D eigenvalue weighted by molar-refractivity contribution is 5.85. The maximum absolute atomic E-state index is 12.2. The molecule has 0 aliphatic rings. The van der Waals surface area contributed by atoms with Gasteiger partial charge in [-0.25, -0.2) is 0 Å². The third-order valence-electron chi connectivity index (χ3n) is 4.44. The van der Waals surface area contributed by atoms with Crippen molar-refractivity contribution in [2.75, 3.05) is 0 Å². The van der Waals surface area contributed by atoms with Gasteiger partial charge in [0.15, 0.2) is 0 Å². The minimum absolute atomic E-state index is 0.0202. The van der Waals surface area contributed by atoms with Crippen LogP contribution in [0.5, 0.6) is 0 Å². The van der Waals surface area contributed by atoms with E-state index < -0.39 is 0 Å². The molecule has 0 saturated carbocycles. The normalized spacial score (nSPS) is 11.9. The molecule has 2 aromatic rings. The van der Waals surface area contributed by atoms with Gasteiger partial charge in [-0.1, -0.05) is 68.4 Å². The van der Waals surface area contributed by atoms with Crippen molar-refractivity contribution in [3.63, 3.8) is 0 Å². The van der Waals surface area contributed by atoms with Gasteiger partial charge in [-0.15, -0.1) is 0 Å². The van der Waals surface area contributed by atoms with Crippen LogP contribution in [0.1, 0.15) is 38.7 Å². The number of amidine groups is 1. The van der Waals surface area contributed by atoms with Gasteiger partial charge in [0.05, 0.1) is 0 Å². The highest BCUT2D eigenvalue weighted by Gasteiger charge is 2.15. The van der Waals surface area contributed by atoms with E-state index in [1.807, 2.05) is 18.2 Å². The van der Waals surface area contributed by atoms with E-state index in [4.69, 9.17) is 21.5 Å². The molecule has 0 saturated heterocycles. The SMILES string of the molecule is CC(C)CC(Cc1ccc(-c2ccccc2)cc1)NC(=O)CC/C(N)=N/N.O=CO. The molecule has 7 nitrogen and oxygen atoms in total. The second kappa shape index (κ2) is 13.8. The highest BCUT2D eigenvalue weighted by atomic mass is 16.3. The Kier molecular flexibility index (Phi) is 11.3. The molecule has 7 heteroatoms. The lowest BCUT2D eigenvalue weighted by Gasteiger charge is -2.21. The number of rotatable bonds is 9. The number of nitrogens with two attached hydrogens (primary N) is 2. The lowest BCUT2D eigenvalue weighted by Crippen LogP contribution is -2.37. The van der Waals surface area contributed by atoms with Crippen LogP contribution in [-0.2, 0) is 16.0 Å². The van der Waals surface area contributed by atoms with Crippen LogP contribution < -0.4 is 16.9 Å². The highest BCUT2D eigenvalue weighted by Crippen LogP contribution is 2.20. The van der Waals surface area contributed by atoms with E-state index in [1.165, 1.54) is 16.7 Å². The summed E-state index contributed by atoms with van der Waals surface area (Å²) in [7, 11) is 0. The fourth-order valence-electron chi connectivity index (χ4n) is 3.12. The molecule has 0 aliphatic carbocycles. The maximum atomic E-state index is 12.2. The third kappa shape index (κ3) is 9.73. The predicted molar refractivity (Wildman–Crippen MR) is 121 cm³/mol. The summed E-state index contributed by atoms with van der Waals surface area (Å²) in [5.74, 6) is 5.88. The zero-order valence-electron chi connectivity index (χ0n) is 17.6. The first-order chi connectivity index (χ1) is 14.4. The van der Waals surface area contributed by atoms with Crippen LogP contribution in [0.4, 0.5) is 0 Å². The molecule has 1 unspecified atom stereocenters. The molecule has 0 bridgehead atoms. The van der Waals surface area contributed by atoms with Gasteiger partial charge in [0.2, 0.25) is 5.91 Å². The number of benzene rings is 2. The molecule has 0 aromatic heterocycles. The van der Waals surface area contributed by atoms with Crippen LogP contribution in [0.25, 0.3) is 11.1 Å². The van der Waals surface area contributed by atoms with Crippen molar-refractivity contribution in [1.29, 1.82) is 0 Å². The molecule has 0 spiro atoms. The Balaban J connectivity index is 0.00000141. The summed E-state index contributed by atoms with van der Waals surface area (Å²) in [6.45, 7) is 4.08. The van der Waals surface area contributed by atoms with E-state index in [1.54, 1.807) is 0 Å². The number of carbonyl (C=O) groups is 2. The summed E-state index contributed by atoms with van der Waals surface area (Å²) in [5.41, 5.74) is 9.17. The van der Waals surface area contributed by atoms with Gasteiger partial charge in [-0.05, 0) is 35.4 Å². The summed E-state index contributed by atoms with van der Waals surface area (Å²) < 4.78 is 0. The van der Waals surface area contributed by atoms with Gasteiger partial charge in [-0.2, -0.15) is 5.10 Å². The molecular formula is C23H32N4O3. The largest absolute Gasteiger partial charge is 0.483 e. The zero-order valence-corrected chi connectivity index (χ0v) is 17.6. The van der Waals surface area contributed by atoms with Crippen LogP contribution in [0.15, 0.2) is 59.7 Å². The molecule has 30 heavy (non-hydrogen) atoms. The Hall–Kier alpha value is -3.35. The van der Waals surface area contributed by atoms with Crippen molar-refractivity contribution in [2.45, 2.75) is 45.6 Å². The summed E-state index contributed by atoms with van der Waals surface area (Å²) in [6.07, 6.45) is 2.41. The van der Waals surface area contributed by atoms with Crippen LogP contribution in [0, 0.1) is 5.92 Å². The minimum atomic E-state index is -0.250. The van der Waals surface area contributed by atoms with Crippen molar-refractivity contribution in [3.05, 3.63) is 60.2 Å². The zero-order chi connectivity index (χ0) is 22.4. The molecule has 162 valence electrons. The van der Waals surface area contributed by atoms with Gasteiger partial charge in [-0.3, -0.25) is 9.59 Å². The van der Waals surface area contributed by atoms with E-state index in [0.29, 0.717) is 24.6 Å². The molecule has 1 atom stereocenters. The first kappa shape index (κ1) is 24.7. The van der Waals surface area contributed by atoms with Gasteiger partial charge in [0, 0.05) is 18.9 Å². The third-order valence-corrected chi connectivity index (χ3v) is 4.44. The molecule has 0 radical (unpaired) electrons. The van der Waals surface area contributed by atoms with Gasteiger partial charge in [0.1, 0.15) is 5.84 Å². The predicted octanol–water partition coefficient (Wildman–Crippen LogP) is 3.14. The number of carbonyl (C=O) groups excluding carboxylic acids is 1. The molecule has 1 amide bonds. The standard InChI is InChI=1S/C22H30N4O.CH2O2/c1-16(2)14-20(25-22(27)13-12-21(23)26-24)15-17-8-10-19(11-9-17)18-6-4-3-5-7-18;2-1-3/h3-11,16,20H,12-15,24H2,1-2H3,(H2,23,26)(H,25,27);1H,(H,2,3). The average Bonchev–Trinajstić information content (AvgIpc) is 2.73. The van der Waals surface area contributed by atoms with Crippen LogP contribution in [0.3, 0.4) is 0 Å². The summed E-state index contributed by atoms with van der Waals surface area (Å²) in [4.78, 5) is 20.6. The molecule has 0 heterocycles. The lowest BCUT2D eigenvalue weighted by molar-refractivity contribution is -0.123. The van der Waals surface area contributed by atoms with E-state index in [0.717, 1.165) is 12.8 Å². The number of hydrogen-bond acceptors (Lipinski definition) is 4. The van der Waals surface area contributed by atoms with E-state index in [2.05, 4.69) is 60.7 Å². The first-order valence-corrected chi connectivity index (χ1v) is 9.93. The number of amides is 1. The Morgan fingerprint density at radius 3 is 2.17 bits per heavy atom. The fourth-order valence-corrected chi connectivity index (χ4v) is 3.12. The molecule has 0 aliphatic heterocycles. The minimum Gasteiger partial charge on any atom is -0.483 e. The van der Waals surface area contributed by atoms with Crippen molar-refractivity contribution in [1.82, 2.24) is 5.32 Å². The number of hydrazone groups is 1. The first-order valence-electron chi connectivity index (χ1n) is 9.93. The Morgan fingerprint density at radius 2 is 1.63 bits per heavy atom. The Morgan fingerprint density at radius 1 is 1.07 bits per heavy atom. The van der Waals surface area contributed by atoms with Gasteiger partial charge < -0.3 is 22.0 Å². The fraction of sp³-hybridized carbons (Fsp3) is 0.348. The number of hydrogen-bond donors (Lipinski definition) is 4. The molecule has 0 fully saturated rings. The number of carboxylic acid groups (broad SMARTS) is 1. The molecule has 2 aromatic carbocycles. The summed E-state index contributed by atoms with van der Waals surface area (Å²) in [5, 5.41) is 13.4. The van der Waals surface area contributed by atoms with Gasteiger partial charge in [0.25, 0.3) is 6.47 Å². The van der Waals surface area contributed by atoms with E-state index in [-0.39, 0.29) is 18.4 Å². The second-order valence-electron chi connectivity index (χ2n) is 7.39. The smallest absolute Gasteiger partial charge is 0.290 e. The van der Waals surface area contributed by atoms with Crippen molar-refractivity contribution >= 4 is 18.2 Å². The van der Waals surface area contributed by atoms with E-state index in [9.17, 15) is 4.79 Å². The molecule has 2 rings (SSSR count). The molecule has 6 N–H and O–H groups in total. The maximum Gasteiger partial charge on any atom is 0.290 e. The van der Waals surface area contributed by atoms with Crippen molar-refractivity contribution in [3.8, 4) is 11.1 Å². The molecular weight excluding hydrogens is 380 g/mol. The average molecular weight is 413 g/mol. The Bertz CT molecular complexity index is 790. The van der Waals surface area contributed by atoms with Gasteiger partial charge >= 0.3 is 0 Å². The number of nitrogens with one attached hydrogen (secondary N) is 1. The summed E-state index contributed by atoms with van der Waals surface area (Å²) in [6, 6.07) is 19.0. The summed E-state index contributed by atoms with van der Waals surface area (Å²) >= 11 is 0. The quantitative estimate of drug-likeness (QED) is 0.165. The van der Waals surface area contributed by atoms with Crippen LogP contribution >= 0.6 is 0 Å². The van der Waals surface area contributed by atoms with Crippen molar-refractivity contribution in [2.24, 2.45) is 22.6 Å². The second-order valence-corrected chi connectivity index (χ2v) is 7.39. The topological polar surface area (TPSA) is 131 Å². The number of nitrogens with zero attached hydrogens (tertiary/aromatic N) is 1. The van der Waals surface area contributed by atoms with Crippen LogP contribution in [0.2, 0.25) is 0 Å². The van der Waals surface area contributed by atoms with Crippen molar-refractivity contribution < 1.29 is 14.7 Å². The van der Waals surface area contributed by atoms with Crippen LogP contribution in [-0.4, -0.2) is 29.4 Å². The monoisotopic (exact) mass is 412 g/mol. The Labute approximate surface area is 178 Å².